The maximum Gasteiger partial charge on any atom is 0.338 e. The highest BCUT2D eigenvalue weighted by Crippen LogP contribution is 2.30. The predicted molar refractivity (Wildman–Crippen MR) is 136 cm³/mol. The summed E-state index contributed by atoms with van der Waals surface area (Å²) in [5.41, 5.74) is 4.48. The van der Waals surface area contributed by atoms with Crippen LogP contribution in [-0.4, -0.2) is 62.5 Å². The fourth-order valence-corrected chi connectivity index (χ4v) is 4.94. The molecular weight excluding hydrogens is 448 g/mol. The summed E-state index contributed by atoms with van der Waals surface area (Å²) in [5.74, 6) is -0.400. The Kier molecular flexibility index (Phi) is 7.80. The number of anilines is 1. The quantitative estimate of drug-likeness (QED) is 0.465. The second-order valence-corrected chi connectivity index (χ2v) is 9.35. The molecule has 7 nitrogen and oxygen atoms in total. The van der Waals surface area contributed by atoms with Crippen LogP contribution in [0.3, 0.4) is 0 Å². The molecule has 180 valence electrons. The third-order valence-electron chi connectivity index (χ3n) is 6.31. The number of aryl methyl sites for hydroxylation is 1. The van der Waals surface area contributed by atoms with Gasteiger partial charge in [-0.2, -0.15) is 0 Å². The standard InChI is InChI=1S/C26H32N4O3S/c1-4-33-25(31)23-21(27-26(32)28-24(23)19-9-11-20(34-3)12-10-19)17-29-13-15-30(16-14-29)22-8-6-5-7-18(22)2/h5-12,24H,4,13-17H2,1-3H3,(H2,27,28,32)/t24-/m0/s1. The zero-order valence-electron chi connectivity index (χ0n) is 20.0. The molecule has 2 N–H and O–H groups in total. The molecule has 2 aromatic rings. The Labute approximate surface area is 205 Å². The number of hydrogen-bond acceptors (Lipinski definition) is 6. The summed E-state index contributed by atoms with van der Waals surface area (Å²) in [7, 11) is 0. The molecule has 0 bridgehead atoms. The van der Waals surface area contributed by atoms with Crippen LogP contribution in [0, 0.1) is 6.92 Å². The number of ether oxygens (including phenoxy) is 1. The molecule has 0 unspecified atom stereocenters. The number of hydrogen-bond donors (Lipinski definition) is 2. The Balaban J connectivity index is 1.56. The van der Waals surface area contributed by atoms with Gasteiger partial charge >= 0.3 is 12.0 Å². The molecule has 2 amide bonds. The van der Waals surface area contributed by atoms with Crippen LogP contribution in [-0.2, 0) is 9.53 Å². The molecule has 2 aromatic carbocycles. The number of urea groups is 1. The van der Waals surface area contributed by atoms with Crippen molar-refractivity contribution in [1.29, 1.82) is 0 Å². The van der Waals surface area contributed by atoms with Gasteiger partial charge in [-0.3, -0.25) is 4.90 Å². The largest absolute Gasteiger partial charge is 0.463 e. The van der Waals surface area contributed by atoms with E-state index in [0.29, 0.717) is 17.8 Å². The van der Waals surface area contributed by atoms with Crippen LogP contribution in [0.15, 0.2) is 64.7 Å². The monoisotopic (exact) mass is 480 g/mol. The topological polar surface area (TPSA) is 73.9 Å². The third kappa shape index (κ3) is 5.39. The fraction of sp³-hybridized carbons (Fsp3) is 0.385. The number of para-hydroxylation sites is 1. The SMILES string of the molecule is CCOC(=O)C1=C(CN2CCN(c3ccccc3C)CC2)NC(=O)N[C@H]1c1ccc(SC)cc1. The molecule has 1 fully saturated rings. The lowest BCUT2D eigenvalue weighted by molar-refractivity contribution is -0.139. The fourth-order valence-electron chi connectivity index (χ4n) is 4.53. The second kappa shape index (κ2) is 11.0. The molecule has 8 heteroatoms. The second-order valence-electron chi connectivity index (χ2n) is 8.47. The van der Waals surface area contributed by atoms with Gasteiger partial charge in [0.1, 0.15) is 0 Å². The molecule has 0 saturated carbocycles. The van der Waals surface area contributed by atoms with Gasteiger partial charge in [-0.05, 0) is 49.4 Å². The molecule has 0 aromatic heterocycles. The number of benzene rings is 2. The number of rotatable bonds is 7. The van der Waals surface area contributed by atoms with Crippen LogP contribution in [0.1, 0.15) is 24.1 Å². The van der Waals surface area contributed by atoms with Crippen LogP contribution in [0.2, 0.25) is 0 Å². The van der Waals surface area contributed by atoms with Crippen molar-refractivity contribution in [3.63, 3.8) is 0 Å². The summed E-state index contributed by atoms with van der Waals surface area (Å²) in [6.45, 7) is 8.14. The number of nitrogens with one attached hydrogen (secondary N) is 2. The first-order chi connectivity index (χ1) is 16.5. The van der Waals surface area contributed by atoms with E-state index >= 15 is 0 Å². The minimum Gasteiger partial charge on any atom is -0.463 e. The summed E-state index contributed by atoms with van der Waals surface area (Å²) in [5, 5.41) is 5.82. The highest BCUT2D eigenvalue weighted by Gasteiger charge is 2.34. The van der Waals surface area contributed by atoms with Crippen molar-refractivity contribution in [1.82, 2.24) is 15.5 Å². The Morgan fingerprint density at radius 1 is 1.09 bits per heavy atom. The van der Waals surface area contributed by atoms with Crippen LogP contribution >= 0.6 is 11.8 Å². The number of esters is 1. The summed E-state index contributed by atoms with van der Waals surface area (Å²) in [4.78, 5) is 31.4. The van der Waals surface area contributed by atoms with Crippen molar-refractivity contribution >= 4 is 29.4 Å². The first-order valence-corrected chi connectivity index (χ1v) is 12.9. The number of amides is 2. The summed E-state index contributed by atoms with van der Waals surface area (Å²) in [6.07, 6.45) is 2.02. The zero-order valence-corrected chi connectivity index (χ0v) is 20.8. The molecule has 2 aliphatic rings. The molecule has 0 spiro atoms. The van der Waals surface area contributed by atoms with Crippen molar-refractivity contribution in [3.05, 3.63) is 70.9 Å². The van der Waals surface area contributed by atoms with Gasteiger partial charge in [-0.1, -0.05) is 30.3 Å². The van der Waals surface area contributed by atoms with Crippen molar-refractivity contribution in [2.45, 2.75) is 24.8 Å². The van der Waals surface area contributed by atoms with E-state index in [1.165, 1.54) is 11.3 Å². The Hall–Kier alpha value is -2.97. The lowest BCUT2D eigenvalue weighted by atomic mass is 9.95. The first-order valence-electron chi connectivity index (χ1n) is 11.6. The maximum absolute atomic E-state index is 13.0. The summed E-state index contributed by atoms with van der Waals surface area (Å²) < 4.78 is 5.40. The van der Waals surface area contributed by atoms with E-state index in [1.807, 2.05) is 30.5 Å². The predicted octanol–water partition coefficient (Wildman–Crippen LogP) is 3.71. The van der Waals surface area contributed by atoms with E-state index in [9.17, 15) is 9.59 Å². The van der Waals surface area contributed by atoms with E-state index in [2.05, 4.69) is 51.6 Å². The molecule has 0 radical (unpaired) electrons. The average Bonchev–Trinajstić information content (AvgIpc) is 2.85. The van der Waals surface area contributed by atoms with Gasteiger partial charge in [0.2, 0.25) is 0 Å². The van der Waals surface area contributed by atoms with Gasteiger partial charge in [0.25, 0.3) is 0 Å². The van der Waals surface area contributed by atoms with Gasteiger partial charge < -0.3 is 20.3 Å². The van der Waals surface area contributed by atoms with Crippen LogP contribution in [0.4, 0.5) is 10.5 Å². The zero-order chi connectivity index (χ0) is 24.1. The van der Waals surface area contributed by atoms with E-state index in [-0.39, 0.29) is 12.6 Å². The lowest BCUT2D eigenvalue weighted by Gasteiger charge is -2.38. The first kappa shape index (κ1) is 24.2. The van der Waals surface area contributed by atoms with Crippen molar-refractivity contribution in [3.8, 4) is 0 Å². The van der Waals surface area contributed by atoms with E-state index in [1.54, 1.807) is 18.7 Å². The van der Waals surface area contributed by atoms with E-state index < -0.39 is 12.0 Å². The van der Waals surface area contributed by atoms with Gasteiger partial charge in [0, 0.05) is 49.0 Å². The average molecular weight is 481 g/mol. The van der Waals surface area contributed by atoms with Gasteiger partial charge in [-0.25, -0.2) is 9.59 Å². The normalized spacial score (nSPS) is 19.0. The molecule has 4 rings (SSSR count). The summed E-state index contributed by atoms with van der Waals surface area (Å²) in [6, 6.07) is 15.5. The van der Waals surface area contributed by atoms with Crippen LogP contribution in [0.25, 0.3) is 0 Å². The number of thioether (sulfide) groups is 1. The maximum atomic E-state index is 13.0. The van der Waals surface area contributed by atoms with Gasteiger partial charge in [0.05, 0.1) is 18.2 Å². The van der Waals surface area contributed by atoms with Gasteiger partial charge in [0.15, 0.2) is 0 Å². The minimum absolute atomic E-state index is 0.275. The Morgan fingerprint density at radius 3 is 2.44 bits per heavy atom. The molecule has 1 saturated heterocycles. The molecule has 2 heterocycles. The molecule has 1 atom stereocenters. The molecule has 0 aliphatic carbocycles. The summed E-state index contributed by atoms with van der Waals surface area (Å²) >= 11 is 1.65. The van der Waals surface area contributed by atoms with Crippen LogP contribution in [0.5, 0.6) is 0 Å². The molecular formula is C26H32N4O3S. The number of nitrogens with zero attached hydrogens (tertiary/aromatic N) is 2. The third-order valence-corrected chi connectivity index (χ3v) is 7.05. The number of carbonyl (C=O) groups excluding carboxylic acids is 2. The Bertz CT molecular complexity index is 1060. The highest BCUT2D eigenvalue weighted by atomic mass is 32.2. The molecule has 34 heavy (non-hydrogen) atoms. The van der Waals surface area contributed by atoms with Crippen molar-refractivity contribution in [2.75, 3.05) is 50.5 Å². The molecule has 2 aliphatic heterocycles. The van der Waals surface area contributed by atoms with Crippen LogP contribution < -0.4 is 15.5 Å². The minimum atomic E-state index is -0.549. The number of carbonyl (C=O) groups is 2. The smallest absolute Gasteiger partial charge is 0.338 e. The number of piperazine rings is 1. The van der Waals surface area contributed by atoms with Crippen molar-refractivity contribution < 1.29 is 14.3 Å². The highest BCUT2D eigenvalue weighted by molar-refractivity contribution is 7.98. The Morgan fingerprint density at radius 2 is 1.79 bits per heavy atom. The van der Waals surface area contributed by atoms with Crippen molar-refractivity contribution in [2.24, 2.45) is 0 Å². The lowest BCUT2D eigenvalue weighted by Crippen LogP contribution is -2.52. The van der Waals surface area contributed by atoms with E-state index in [4.69, 9.17) is 4.74 Å². The van der Waals surface area contributed by atoms with Gasteiger partial charge in [-0.15, -0.1) is 11.8 Å². The van der Waals surface area contributed by atoms with E-state index in [0.717, 1.165) is 36.6 Å².